The summed E-state index contributed by atoms with van der Waals surface area (Å²) < 4.78 is 0. The van der Waals surface area contributed by atoms with Crippen molar-refractivity contribution in [3.05, 3.63) is 35.4 Å². The zero-order valence-electron chi connectivity index (χ0n) is 9.79. The van der Waals surface area contributed by atoms with Gasteiger partial charge in [0.05, 0.1) is 0 Å². The molecule has 1 N–H and O–H groups in total. The van der Waals surface area contributed by atoms with Gasteiger partial charge in [-0.25, -0.2) is 0 Å². The van der Waals surface area contributed by atoms with Gasteiger partial charge in [-0.3, -0.25) is 0 Å². The van der Waals surface area contributed by atoms with Crippen molar-refractivity contribution in [2.45, 2.75) is 39.2 Å². The Kier molecular flexibility index (Phi) is 3.42. The van der Waals surface area contributed by atoms with E-state index < -0.39 is 0 Å². The molecular weight excluding hydrogens is 182 g/mol. The molecule has 0 aliphatic heterocycles. The van der Waals surface area contributed by atoms with Crippen molar-refractivity contribution < 1.29 is 0 Å². The number of hydrogen-bond acceptors (Lipinski definition) is 1. The van der Waals surface area contributed by atoms with E-state index >= 15 is 0 Å². The second-order valence-electron chi connectivity index (χ2n) is 5.00. The molecular formula is C14H21N. The fourth-order valence-corrected chi connectivity index (χ4v) is 1.98. The molecule has 1 aromatic rings. The van der Waals surface area contributed by atoms with E-state index in [9.17, 15) is 0 Å². The highest BCUT2D eigenvalue weighted by Crippen LogP contribution is 2.41. The second kappa shape index (κ2) is 4.80. The summed E-state index contributed by atoms with van der Waals surface area (Å²) in [5.41, 5.74) is 3.08. The molecule has 0 heterocycles. The Labute approximate surface area is 92.9 Å². The van der Waals surface area contributed by atoms with E-state index in [-0.39, 0.29) is 0 Å². The highest BCUT2D eigenvalue weighted by Gasteiger charge is 2.25. The molecule has 1 saturated carbocycles. The monoisotopic (exact) mass is 203 g/mol. The maximum absolute atomic E-state index is 3.52. The highest BCUT2D eigenvalue weighted by atomic mass is 14.9. The fraction of sp³-hybridized carbons (Fsp3) is 0.571. The molecule has 0 amide bonds. The molecule has 1 fully saturated rings. The fourth-order valence-electron chi connectivity index (χ4n) is 1.98. The van der Waals surface area contributed by atoms with E-state index in [1.807, 2.05) is 0 Å². The Morgan fingerprint density at radius 2 is 2.00 bits per heavy atom. The minimum atomic E-state index is 0.734. The Hall–Kier alpha value is -0.820. The van der Waals surface area contributed by atoms with Crippen LogP contribution in [0.4, 0.5) is 0 Å². The molecule has 0 radical (unpaired) electrons. The van der Waals surface area contributed by atoms with Gasteiger partial charge in [0.1, 0.15) is 0 Å². The molecule has 82 valence electrons. The smallest absolute Gasteiger partial charge is 0.0208 e. The van der Waals surface area contributed by atoms with Gasteiger partial charge in [0, 0.05) is 6.54 Å². The summed E-state index contributed by atoms with van der Waals surface area (Å²) in [5.74, 6) is 1.60. The molecule has 1 nitrogen and oxygen atoms in total. The molecule has 1 heteroatoms. The first-order valence-electron chi connectivity index (χ1n) is 6.06. The summed E-state index contributed by atoms with van der Waals surface area (Å²) in [5, 5.41) is 3.52. The Morgan fingerprint density at radius 1 is 1.27 bits per heavy atom. The molecule has 0 spiro atoms. The van der Waals surface area contributed by atoms with Crippen molar-refractivity contribution in [2.75, 3.05) is 6.54 Å². The summed E-state index contributed by atoms with van der Waals surface area (Å²) in [6, 6.07) is 8.88. The average Bonchev–Trinajstić information content (AvgIpc) is 3.01. The van der Waals surface area contributed by atoms with Crippen molar-refractivity contribution >= 4 is 0 Å². The maximum Gasteiger partial charge on any atom is 0.0208 e. The van der Waals surface area contributed by atoms with Crippen molar-refractivity contribution in [1.29, 1.82) is 0 Å². The van der Waals surface area contributed by atoms with Crippen LogP contribution in [-0.2, 0) is 6.54 Å². The van der Waals surface area contributed by atoms with Gasteiger partial charge in [0.2, 0.25) is 0 Å². The van der Waals surface area contributed by atoms with Crippen molar-refractivity contribution in [3.8, 4) is 0 Å². The van der Waals surface area contributed by atoms with Crippen LogP contribution in [0, 0.1) is 5.92 Å². The number of rotatable bonds is 5. The van der Waals surface area contributed by atoms with Gasteiger partial charge in [-0.2, -0.15) is 0 Å². The minimum absolute atomic E-state index is 0.734. The van der Waals surface area contributed by atoms with E-state index in [4.69, 9.17) is 0 Å². The molecule has 0 unspecified atom stereocenters. The Morgan fingerprint density at radius 3 is 2.67 bits per heavy atom. The van der Waals surface area contributed by atoms with Crippen LogP contribution < -0.4 is 5.32 Å². The molecule has 15 heavy (non-hydrogen) atoms. The molecule has 1 aliphatic carbocycles. The predicted molar refractivity (Wildman–Crippen MR) is 65.0 cm³/mol. The van der Waals surface area contributed by atoms with Gasteiger partial charge in [-0.15, -0.1) is 0 Å². The van der Waals surface area contributed by atoms with Crippen LogP contribution >= 0.6 is 0 Å². The third kappa shape index (κ3) is 3.07. The molecule has 0 atom stereocenters. The van der Waals surface area contributed by atoms with Gasteiger partial charge in [0.25, 0.3) is 0 Å². The van der Waals surface area contributed by atoms with E-state index in [1.165, 1.54) is 18.4 Å². The minimum Gasteiger partial charge on any atom is -0.312 e. The lowest BCUT2D eigenvalue weighted by atomic mass is 10.0. The van der Waals surface area contributed by atoms with Crippen LogP contribution in [-0.4, -0.2) is 6.54 Å². The van der Waals surface area contributed by atoms with E-state index in [0.29, 0.717) is 0 Å². The zero-order chi connectivity index (χ0) is 10.7. The van der Waals surface area contributed by atoms with Crippen LogP contribution in [0.3, 0.4) is 0 Å². The summed E-state index contributed by atoms with van der Waals surface area (Å²) in [6.07, 6.45) is 2.78. The van der Waals surface area contributed by atoms with Crippen LogP contribution in [0.25, 0.3) is 0 Å². The van der Waals surface area contributed by atoms with Crippen LogP contribution in [0.15, 0.2) is 24.3 Å². The lowest BCUT2D eigenvalue weighted by molar-refractivity contribution is 0.551. The van der Waals surface area contributed by atoms with Gasteiger partial charge in [-0.05, 0) is 42.3 Å². The van der Waals surface area contributed by atoms with E-state index in [2.05, 4.69) is 43.4 Å². The predicted octanol–water partition coefficient (Wildman–Crippen LogP) is 3.31. The van der Waals surface area contributed by atoms with E-state index in [0.717, 1.165) is 24.9 Å². The molecule has 0 bridgehead atoms. The summed E-state index contributed by atoms with van der Waals surface area (Å²) in [7, 11) is 0. The molecule has 1 aliphatic rings. The molecule has 1 aromatic carbocycles. The third-order valence-electron chi connectivity index (χ3n) is 2.94. The van der Waals surface area contributed by atoms with Crippen LogP contribution in [0.2, 0.25) is 0 Å². The topological polar surface area (TPSA) is 12.0 Å². The summed E-state index contributed by atoms with van der Waals surface area (Å²) in [6.45, 7) is 6.64. The SMILES string of the molecule is CC(C)CNCc1ccccc1C1CC1. The van der Waals surface area contributed by atoms with Gasteiger partial charge >= 0.3 is 0 Å². The number of hydrogen-bond donors (Lipinski definition) is 1. The maximum atomic E-state index is 3.52. The molecule has 0 aromatic heterocycles. The first kappa shape index (κ1) is 10.7. The normalized spacial score (nSPS) is 15.9. The first-order valence-corrected chi connectivity index (χ1v) is 6.06. The summed E-state index contributed by atoms with van der Waals surface area (Å²) >= 11 is 0. The lowest BCUT2D eigenvalue weighted by Gasteiger charge is -2.11. The van der Waals surface area contributed by atoms with Gasteiger partial charge < -0.3 is 5.32 Å². The Balaban J connectivity index is 1.94. The quantitative estimate of drug-likeness (QED) is 0.774. The largest absolute Gasteiger partial charge is 0.312 e. The van der Waals surface area contributed by atoms with Crippen LogP contribution in [0.1, 0.15) is 43.7 Å². The summed E-state index contributed by atoms with van der Waals surface area (Å²) in [4.78, 5) is 0. The average molecular weight is 203 g/mol. The van der Waals surface area contributed by atoms with Crippen molar-refractivity contribution in [1.82, 2.24) is 5.32 Å². The van der Waals surface area contributed by atoms with Crippen molar-refractivity contribution in [2.24, 2.45) is 5.92 Å². The third-order valence-corrected chi connectivity index (χ3v) is 2.94. The number of benzene rings is 1. The zero-order valence-corrected chi connectivity index (χ0v) is 9.79. The highest BCUT2D eigenvalue weighted by molar-refractivity contribution is 5.33. The van der Waals surface area contributed by atoms with E-state index in [1.54, 1.807) is 5.56 Å². The second-order valence-corrected chi connectivity index (χ2v) is 5.00. The molecule has 2 rings (SSSR count). The Bertz CT molecular complexity index is 313. The lowest BCUT2D eigenvalue weighted by Crippen LogP contribution is -2.19. The van der Waals surface area contributed by atoms with Crippen LogP contribution in [0.5, 0.6) is 0 Å². The first-order chi connectivity index (χ1) is 7.27. The van der Waals surface area contributed by atoms with Gasteiger partial charge in [0.15, 0.2) is 0 Å². The van der Waals surface area contributed by atoms with Gasteiger partial charge in [-0.1, -0.05) is 38.1 Å². The molecule has 0 saturated heterocycles. The van der Waals surface area contributed by atoms with Crippen molar-refractivity contribution in [3.63, 3.8) is 0 Å². The standard InChI is InChI=1S/C14H21N/c1-11(2)9-15-10-13-5-3-4-6-14(13)12-7-8-12/h3-6,11-12,15H,7-10H2,1-2H3. The number of nitrogens with one attached hydrogen (secondary N) is 1.